The van der Waals surface area contributed by atoms with Crippen LogP contribution in [-0.4, -0.2) is 25.8 Å². The Kier molecular flexibility index (Phi) is 10.9. The maximum atomic E-state index is 8.55. The third-order valence-corrected chi connectivity index (χ3v) is 0. The van der Waals surface area contributed by atoms with Gasteiger partial charge in [0, 0.05) is 0 Å². The number of phosphoric acid groups is 1. The minimum Gasteiger partial charge on any atom is -0.822 e. The van der Waals surface area contributed by atoms with E-state index in [1.54, 1.807) is 0 Å². The Morgan fingerprint density at radius 3 is 1.14 bits per heavy atom. The second-order valence-electron chi connectivity index (χ2n) is 0.447. The summed E-state index contributed by atoms with van der Waals surface area (Å²) in [5.41, 5.74) is 0. The van der Waals surface area contributed by atoms with Gasteiger partial charge in [0.05, 0.1) is 8.41 Å². The fourth-order valence-electron chi connectivity index (χ4n) is 0. The smallest absolute Gasteiger partial charge is 0.822 e. The van der Waals surface area contributed by atoms with Gasteiger partial charge in [0.2, 0.25) is 0 Å². The first-order valence-corrected chi connectivity index (χ1v) is 2.19. The van der Waals surface area contributed by atoms with Crippen LogP contribution >= 0.6 is 7.82 Å². The molecule has 0 spiro atoms. The second-order valence-corrected chi connectivity index (χ2v) is 1.34. The summed E-state index contributed by atoms with van der Waals surface area (Å²) in [4.78, 5) is 25.6. The third-order valence-electron chi connectivity index (χ3n) is 0. The van der Waals surface area contributed by atoms with Gasteiger partial charge in [-0.05, 0) is 0 Å². The molecule has 0 saturated heterocycles. The van der Waals surface area contributed by atoms with Crippen molar-refractivity contribution in [2.45, 2.75) is 0 Å². The largest absolute Gasteiger partial charge is 3.00 e. The quantitative estimate of drug-likeness (QED) is 0.248. The minimum absolute atomic E-state index is 0. The van der Waals surface area contributed by atoms with Crippen LogP contribution in [0.15, 0.2) is 0 Å². The summed E-state index contributed by atoms with van der Waals surface area (Å²) in [6.07, 6.45) is 0. The molecule has 0 N–H and O–H groups in total. The summed E-state index contributed by atoms with van der Waals surface area (Å²) >= 11 is 0. The van der Waals surface area contributed by atoms with Crippen molar-refractivity contribution in [3.05, 3.63) is 0 Å². The van der Waals surface area contributed by atoms with E-state index >= 15 is 0 Å². The number of hydrogen-bond acceptors (Lipinski definition) is 4. The fourth-order valence-corrected chi connectivity index (χ4v) is 0. The zero-order valence-corrected chi connectivity index (χ0v) is 4.71. The number of rotatable bonds is 0. The standard InChI is InChI=1S/Al.BH3.H3O4P/c;;1-5(2,3)4/h;1H3;(H3,1,2,3,4)/q+3;;/p-3. The van der Waals surface area contributed by atoms with Crippen molar-refractivity contribution in [2.24, 2.45) is 0 Å². The second kappa shape index (κ2) is 4.86. The van der Waals surface area contributed by atoms with Crippen LogP contribution in [0.3, 0.4) is 0 Å². The zero-order chi connectivity index (χ0) is 4.50. The Morgan fingerprint density at radius 2 is 1.14 bits per heavy atom. The topological polar surface area (TPSA) is 86.2 Å². The van der Waals surface area contributed by atoms with Crippen molar-refractivity contribution in [3.8, 4) is 0 Å². The van der Waals surface area contributed by atoms with Gasteiger partial charge in [-0.2, -0.15) is 7.82 Å². The van der Waals surface area contributed by atoms with E-state index in [2.05, 4.69) is 0 Å². The van der Waals surface area contributed by atoms with Crippen LogP contribution in [0.1, 0.15) is 0 Å². The van der Waals surface area contributed by atoms with E-state index in [1.165, 1.54) is 0 Å². The number of hydrogen-bond donors (Lipinski definition) is 0. The molecule has 7 heteroatoms. The van der Waals surface area contributed by atoms with E-state index in [4.69, 9.17) is 19.2 Å². The van der Waals surface area contributed by atoms with E-state index in [9.17, 15) is 0 Å². The molecule has 0 aromatic heterocycles. The predicted molar refractivity (Wildman–Crippen MR) is 23.3 cm³/mol. The first-order chi connectivity index (χ1) is 2.00. The summed E-state index contributed by atoms with van der Waals surface area (Å²) in [5.74, 6) is 0. The molecule has 0 unspecified atom stereocenters. The Morgan fingerprint density at radius 1 is 1.14 bits per heavy atom. The monoisotopic (exact) mass is 136 g/mol. The van der Waals surface area contributed by atoms with Gasteiger partial charge in [-0.3, -0.25) is 0 Å². The van der Waals surface area contributed by atoms with Gasteiger partial charge in [0.15, 0.2) is 0 Å². The molecule has 4 nitrogen and oxygen atoms in total. The van der Waals surface area contributed by atoms with Crippen LogP contribution < -0.4 is 14.7 Å². The van der Waals surface area contributed by atoms with Crippen molar-refractivity contribution in [1.82, 2.24) is 0 Å². The molecule has 0 atom stereocenters. The van der Waals surface area contributed by atoms with E-state index in [0.29, 0.717) is 0 Å². The van der Waals surface area contributed by atoms with Crippen molar-refractivity contribution in [1.29, 1.82) is 0 Å². The zero-order valence-electron chi connectivity index (χ0n) is 2.66. The van der Waals surface area contributed by atoms with Gasteiger partial charge in [-0.25, -0.2) is 0 Å². The van der Waals surface area contributed by atoms with Gasteiger partial charge in [0.1, 0.15) is 0 Å². The molecule has 0 aliphatic rings. The molecular formula is H3AlBO4P. The van der Waals surface area contributed by atoms with Gasteiger partial charge in [-0.1, -0.05) is 0 Å². The molecule has 0 aromatic rings. The molecule has 0 amide bonds. The summed E-state index contributed by atoms with van der Waals surface area (Å²) < 4.78 is 8.55. The fraction of sp³-hybridized carbons (Fsp3) is 0. The normalized spacial score (nSPS) is 8.43. The molecule has 0 saturated carbocycles. The van der Waals surface area contributed by atoms with Crippen LogP contribution in [-0.2, 0) is 4.57 Å². The molecule has 0 heterocycles. The van der Waals surface area contributed by atoms with E-state index < -0.39 is 7.82 Å². The first kappa shape index (κ1) is 15.6. The Labute approximate surface area is 53.5 Å². The van der Waals surface area contributed by atoms with E-state index in [1.807, 2.05) is 0 Å². The van der Waals surface area contributed by atoms with Crippen molar-refractivity contribution in [2.75, 3.05) is 0 Å². The Balaban J connectivity index is -0.0000000800. The van der Waals surface area contributed by atoms with Gasteiger partial charge < -0.3 is 19.2 Å². The first-order valence-electron chi connectivity index (χ1n) is 0.730. The average molecular weight is 136 g/mol. The van der Waals surface area contributed by atoms with Crippen LogP contribution in [0.25, 0.3) is 0 Å². The van der Waals surface area contributed by atoms with E-state index in [-0.39, 0.29) is 25.8 Å². The molecule has 0 aromatic carbocycles. The van der Waals surface area contributed by atoms with Crippen molar-refractivity contribution < 1.29 is 19.2 Å². The van der Waals surface area contributed by atoms with Gasteiger partial charge in [0.25, 0.3) is 0 Å². The molecule has 0 aliphatic carbocycles. The summed E-state index contributed by atoms with van der Waals surface area (Å²) in [5, 5.41) is 0. The minimum atomic E-state index is -5.39. The van der Waals surface area contributed by atoms with Crippen LogP contribution in [0.2, 0.25) is 0 Å². The van der Waals surface area contributed by atoms with Crippen molar-refractivity contribution in [3.63, 3.8) is 0 Å². The predicted octanol–water partition coefficient (Wildman–Crippen LogP) is -4.39. The van der Waals surface area contributed by atoms with Crippen LogP contribution in [0, 0.1) is 0 Å². The summed E-state index contributed by atoms with van der Waals surface area (Å²) in [7, 11) is -5.39. The molecule has 0 rings (SSSR count). The molecule has 0 radical (unpaired) electrons. The maximum absolute atomic E-state index is 8.55. The van der Waals surface area contributed by atoms with Gasteiger partial charge in [-0.15, -0.1) is 0 Å². The Hall–Kier alpha value is 0.707. The maximum Gasteiger partial charge on any atom is 3.00 e. The van der Waals surface area contributed by atoms with Crippen LogP contribution in [0.5, 0.6) is 0 Å². The van der Waals surface area contributed by atoms with Crippen molar-refractivity contribution >= 4 is 33.6 Å². The molecule has 0 aliphatic heterocycles. The SMILES string of the molecule is B.O=P([O-])([O-])[O-].[Al+3]. The van der Waals surface area contributed by atoms with Gasteiger partial charge >= 0.3 is 17.4 Å². The molecule has 38 valence electrons. The molecular weight excluding hydrogens is 133 g/mol. The Bertz CT molecular complexity index is 57.8. The third kappa shape index (κ3) is 297. The molecule has 0 fully saturated rings. The molecule has 7 heavy (non-hydrogen) atoms. The van der Waals surface area contributed by atoms with Crippen LogP contribution in [0.4, 0.5) is 0 Å². The summed E-state index contributed by atoms with van der Waals surface area (Å²) in [6, 6.07) is 0. The van der Waals surface area contributed by atoms with E-state index in [0.717, 1.165) is 0 Å². The molecule has 0 bridgehead atoms. The summed E-state index contributed by atoms with van der Waals surface area (Å²) in [6.45, 7) is 0. The average Bonchev–Trinajstić information content (AvgIpc) is 0.722.